The van der Waals surface area contributed by atoms with E-state index in [4.69, 9.17) is 0 Å². The fourth-order valence-electron chi connectivity index (χ4n) is 2.18. The van der Waals surface area contributed by atoms with E-state index in [2.05, 4.69) is 27.8 Å². The molecule has 2 fully saturated rings. The molecule has 0 amide bonds. The Morgan fingerprint density at radius 1 is 1.39 bits per heavy atom. The Hall–Kier alpha value is -0.620. The molecule has 0 radical (unpaired) electrons. The van der Waals surface area contributed by atoms with Gasteiger partial charge in [0.1, 0.15) is 0 Å². The molecule has 3 rings (SSSR count). The van der Waals surface area contributed by atoms with Crippen LogP contribution in [0.2, 0.25) is 0 Å². The van der Waals surface area contributed by atoms with Crippen LogP contribution in [0.25, 0.3) is 0 Å². The first kappa shape index (κ1) is 12.4. The van der Waals surface area contributed by atoms with Gasteiger partial charge in [0, 0.05) is 11.8 Å². The van der Waals surface area contributed by atoms with E-state index in [1.54, 1.807) is 0 Å². The number of tetrazole rings is 1. The van der Waals surface area contributed by atoms with Gasteiger partial charge in [-0.2, -0.15) is 0 Å². The van der Waals surface area contributed by atoms with Crippen LogP contribution in [-0.2, 0) is 0 Å². The van der Waals surface area contributed by atoms with Crippen LogP contribution in [-0.4, -0.2) is 38.5 Å². The molecule has 0 saturated heterocycles. The van der Waals surface area contributed by atoms with Crippen LogP contribution in [0.3, 0.4) is 0 Å². The second-order valence-corrected chi connectivity index (χ2v) is 6.33. The molecule has 1 aromatic rings. The first-order chi connectivity index (χ1) is 8.88. The van der Waals surface area contributed by atoms with Crippen molar-refractivity contribution >= 4 is 11.8 Å². The third-order valence-corrected chi connectivity index (χ3v) is 4.65. The van der Waals surface area contributed by atoms with Crippen molar-refractivity contribution in [2.75, 3.05) is 12.3 Å². The molecule has 6 heteroatoms. The predicted octanol–water partition coefficient (Wildman–Crippen LogP) is 1.88. The van der Waals surface area contributed by atoms with Gasteiger partial charge in [-0.15, -0.1) is 5.10 Å². The van der Waals surface area contributed by atoms with Crippen molar-refractivity contribution in [3.63, 3.8) is 0 Å². The Morgan fingerprint density at radius 3 is 2.89 bits per heavy atom. The maximum absolute atomic E-state index is 4.15. The van der Waals surface area contributed by atoms with E-state index in [9.17, 15) is 0 Å². The molecular weight excluding hydrogens is 246 g/mol. The summed E-state index contributed by atoms with van der Waals surface area (Å²) in [4.78, 5) is 0. The van der Waals surface area contributed by atoms with Gasteiger partial charge in [0.05, 0.1) is 6.04 Å². The van der Waals surface area contributed by atoms with Crippen LogP contribution >= 0.6 is 11.8 Å². The highest BCUT2D eigenvalue weighted by Crippen LogP contribution is 2.38. The summed E-state index contributed by atoms with van der Waals surface area (Å²) in [6.45, 7) is 3.34. The Balaban J connectivity index is 1.53. The molecule has 18 heavy (non-hydrogen) atoms. The fraction of sp³-hybridized carbons (Fsp3) is 0.917. The van der Waals surface area contributed by atoms with Crippen LogP contribution < -0.4 is 5.32 Å². The maximum Gasteiger partial charge on any atom is 0.209 e. The normalized spacial score (nSPS) is 21.2. The standard InChI is InChI=1S/C12H21N5S/c1-2-7-13-11(9-3-4-9)8-18-12-14-15-16-17(12)10-5-6-10/h9-11,13H,2-8H2,1H3. The van der Waals surface area contributed by atoms with Gasteiger partial charge in [-0.05, 0) is 55.0 Å². The average Bonchev–Trinajstić information content (AvgIpc) is 3.29. The van der Waals surface area contributed by atoms with Crippen molar-refractivity contribution in [1.82, 2.24) is 25.5 Å². The van der Waals surface area contributed by atoms with Crippen molar-refractivity contribution < 1.29 is 0 Å². The van der Waals surface area contributed by atoms with E-state index >= 15 is 0 Å². The second kappa shape index (κ2) is 5.57. The summed E-state index contributed by atoms with van der Waals surface area (Å²) in [5.74, 6) is 1.98. The van der Waals surface area contributed by atoms with Gasteiger partial charge >= 0.3 is 0 Å². The Kier molecular flexibility index (Phi) is 3.84. The zero-order chi connectivity index (χ0) is 12.4. The summed E-state index contributed by atoms with van der Waals surface area (Å²) in [7, 11) is 0. The molecule has 2 aliphatic carbocycles. The van der Waals surface area contributed by atoms with E-state index in [1.807, 2.05) is 16.4 Å². The first-order valence-corrected chi connectivity index (χ1v) is 8.01. The highest BCUT2D eigenvalue weighted by molar-refractivity contribution is 7.99. The molecule has 0 bridgehead atoms. The van der Waals surface area contributed by atoms with Crippen LogP contribution in [0.15, 0.2) is 5.16 Å². The van der Waals surface area contributed by atoms with Gasteiger partial charge in [-0.25, -0.2) is 4.68 Å². The molecule has 1 aromatic heterocycles. The molecule has 1 unspecified atom stereocenters. The Bertz CT molecular complexity index is 386. The zero-order valence-corrected chi connectivity index (χ0v) is 11.7. The lowest BCUT2D eigenvalue weighted by Gasteiger charge is -2.16. The third kappa shape index (κ3) is 3.03. The molecule has 5 nitrogen and oxygen atoms in total. The number of aromatic nitrogens is 4. The van der Waals surface area contributed by atoms with Crippen LogP contribution in [0.5, 0.6) is 0 Å². The SMILES string of the molecule is CCCNC(CSc1nnnn1C1CC1)C1CC1. The van der Waals surface area contributed by atoms with E-state index in [1.165, 1.54) is 32.1 Å². The van der Waals surface area contributed by atoms with Crippen molar-refractivity contribution in [2.45, 2.75) is 56.3 Å². The molecule has 1 atom stereocenters. The van der Waals surface area contributed by atoms with Crippen molar-refractivity contribution in [3.8, 4) is 0 Å². The van der Waals surface area contributed by atoms with E-state index < -0.39 is 0 Å². The topological polar surface area (TPSA) is 55.6 Å². The molecule has 1 N–H and O–H groups in total. The van der Waals surface area contributed by atoms with Crippen molar-refractivity contribution in [2.24, 2.45) is 5.92 Å². The first-order valence-electron chi connectivity index (χ1n) is 7.02. The quantitative estimate of drug-likeness (QED) is 0.729. The van der Waals surface area contributed by atoms with Crippen LogP contribution in [0.4, 0.5) is 0 Å². The number of hydrogen-bond acceptors (Lipinski definition) is 5. The van der Waals surface area contributed by atoms with Gasteiger partial charge < -0.3 is 5.32 Å². The van der Waals surface area contributed by atoms with E-state index in [-0.39, 0.29) is 0 Å². The van der Waals surface area contributed by atoms with Gasteiger partial charge in [-0.3, -0.25) is 0 Å². The minimum absolute atomic E-state index is 0.575. The van der Waals surface area contributed by atoms with Gasteiger partial charge in [-0.1, -0.05) is 18.7 Å². The van der Waals surface area contributed by atoms with Gasteiger partial charge in [0.25, 0.3) is 0 Å². The minimum Gasteiger partial charge on any atom is -0.313 e. The van der Waals surface area contributed by atoms with Crippen LogP contribution in [0.1, 0.15) is 45.1 Å². The van der Waals surface area contributed by atoms with Gasteiger partial charge in [0.2, 0.25) is 5.16 Å². The Morgan fingerprint density at radius 2 is 2.22 bits per heavy atom. The third-order valence-electron chi connectivity index (χ3n) is 3.59. The van der Waals surface area contributed by atoms with E-state index in [0.29, 0.717) is 12.1 Å². The molecular formula is C12H21N5S. The maximum atomic E-state index is 4.15. The average molecular weight is 267 g/mol. The summed E-state index contributed by atoms with van der Waals surface area (Å²) < 4.78 is 2.01. The lowest BCUT2D eigenvalue weighted by Crippen LogP contribution is -2.34. The highest BCUT2D eigenvalue weighted by Gasteiger charge is 2.32. The molecule has 100 valence electrons. The zero-order valence-electron chi connectivity index (χ0n) is 10.9. The predicted molar refractivity (Wildman–Crippen MR) is 71.6 cm³/mol. The lowest BCUT2D eigenvalue weighted by atomic mass is 10.2. The number of thioether (sulfide) groups is 1. The lowest BCUT2D eigenvalue weighted by molar-refractivity contribution is 0.501. The van der Waals surface area contributed by atoms with Gasteiger partial charge in [0.15, 0.2) is 0 Å². The van der Waals surface area contributed by atoms with Crippen LogP contribution in [0, 0.1) is 5.92 Å². The molecule has 2 saturated carbocycles. The van der Waals surface area contributed by atoms with Crippen molar-refractivity contribution in [3.05, 3.63) is 0 Å². The molecule has 0 spiro atoms. The number of hydrogen-bond donors (Lipinski definition) is 1. The largest absolute Gasteiger partial charge is 0.313 e. The summed E-state index contributed by atoms with van der Waals surface area (Å²) in [5.41, 5.74) is 0. The van der Waals surface area contributed by atoms with E-state index in [0.717, 1.165) is 23.4 Å². The molecule has 0 aliphatic heterocycles. The highest BCUT2D eigenvalue weighted by atomic mass is 32.2. The fourth-order valence-corrected chi connectivity index (χ4v) is 3.31. The molecule has 0 aromatic carbocycles. The Labute approximate surface area is 112 Å². The molecule has 2 aliphatic rings. The number of nitrogens with one attached hydrogen (secondary N) is 1. The summed E-state index contributed by atoms with van der Waals surface area (Å²) in [6.07, 6.45) is 6.44. The second-order valence-electron chi connectivity index (χ2n) is 5.35. The smallest absolute Gasteiger partial charge is 0.209 e. The monoisotopic (exact) mass is 267 g/mol. The summed E-state index contributed by atoms with van der Waals surface area (Å²) in [5, 5.41) is 16.7. The minimum atomic E-state index is 0.575. The number of nitrogens with zero attached hydrogens (tertiary/aromatic N) is 4. The summed E-state index contributed by atoms with van der Waals surface area (Å²) >= 11 is 1.81. The van der Waals surface area contributed by atoms with Crippen molar-refractivity contribution in [1.29, 1.82) is 0 Å². The number of rotatable bonds is 8. The molecule has 1 heterocycles. The summed E-state index contributed by atoms with van der Waals surface area (Å²) in [6, 6.07) is 1.21.